The topological polar surface area (TPSA) is 74.7 Å². The number of aliphatic carboxylic acids is 1. The molecule has 0 saturated heterocycles. The molecule has 1 amide bonds. The van der Waals surface area contributed by atoms with Crippen molar-refractivity contribution in [2.45, 2.75) is 0 Å². The average molecular weight is 284 g/mol. The molecule has 2 rings (SSSR count). The van der Waals surface area contributed by atoms with E-state index < -0.39 is 30.0 Å². The molecule has 98 valence electrons. The molecule has 1 aromatic rings. The maximum Gasteiger partial charge on any atom is 0.332 e. The van der Waals surface area contributed by atoms with E-state index in [0.717, 1.165) is 17.0 Å². The molecule has 1 aliphatic heterocycles. The number of hydrogen-bond donors (Lipinski definition) is 1. The number of ketones is 1. The van der Waals surface area contributed by atoms with Crippen molar-refractivity contribution in [2.75, 3.05) is 11.4 Å². The van der Waals surface area contributed by atoms with E-state index in [4.69, 9.17) is 16.7 Å². The average Bonchev–Trinajstić information content (AvgIpc) is 2.60. The van der Waals surface area contributed by atoms with Gasteiger partial charge in [-0.15, -0.1) is 0 Å². The lowest BCUT2D eigenvalue weighted by atomic mass is 10.1. The van der Waals surface area contributed by atoms with Crippen LogP contribution in [0.3, 0.4) is 0 Å². The van der Waals surface area contributed by atoms with E-state index in [1.165, 1.54) is 0 Å². The highest BCUT2D eigenvalue weighted by molar-refractivity contribution is 6.55. The van der Waals surface area contributed by atoms with Gasteiger partial charge in [-0.2, -0.15) is 0 Å². The fourth-order valence-corrected chi connectivity index (χ4v) is 2.00. The summed E-state index contributed by atoms with van der Waals surface area (Å²) in [5, 5.41) is 8.67. The van der Waals surface area contributed by atoms with Gasteiger partial charge in [0.15, 0.2) is 0 Å². The number of carbonyl (C=O) groups is 3. The maximum atomic E-state index is 13.7. The molecular formula is C12H7ClFNO4. The van der Waals surface area contributed by atoms with Gasteiger partial charge in [-0.25, -0.2) is 9.18 Å². The zero-order chi connectivity index (χ0) is 14.3. The number of amides is 1. The summed E-state index contributed by atoms with van der Waals surface area (Å²) in [4.78, 5) is 34.9. The molecule has 0 saturated carbocycles. The number of anilines is 1. The zero-order valence-corrected chi connectivity index (χ0v) is 10.2. The lowest BCUT2D eigenvalue weighted by Crippen LogP contribution is -2.33. The Morgan fingerprint density at radius 3 is 2.63 bits per heavy atom. The van der Waals surface area contributed by atoms with Crippen molar-refractivity contribution in [2.24, 2.45) is 0 Å². The van der Waals surface area contributed by atoms with Crippen LogP contribution in [0.1, 0.15) is 10.4 Å². The number of benzene rings is 1. The van der Waals surface area contributed by atoms with E-state index in [2.05, 4.69) is 6.58 Å². The predicted molar refractivity (Wildman–Crippen MR) is 64.9 cm³/mol. The minimum absolute atomic E-state index is 0.0572. The van der Waals surface area contributed by atoms with Gasteiger partial charge in [0.1, 0.15) is 5.82 Å². The van der Waals surface area contributed by atoms with Crippen LogP contribution in [0.5, 0.6) is 0 Å². The number of halogens is 2. The largest absolute Gasteiger partial charge is 0.478 e. The Morgan fingerprint density at radius 1 is 1.42 bits per heavy atom. The SMILES string of the molecule is C=C(CN1C(=O)C(=O)c2c(Cl)ccc(F)c21)C(=O)O. The highest BCUT2D eigenvalue weighted by Gasteiger charge is 2.40. The number of Topliss-reactive ketones (excluding diaryl/α,β-unsaturated/α-hetero) is 1. The third-order valence-electron chi connectivity index (χ3n) is 2.67. The number of nitrogens with zero attached hydrogens (tertiary/aromatic N) is 1. The van der Waals surface area contributed by atoms with E-state index in [-0.39, 0.29) is 21.8 Å². The molecule has 0 aromatic heterocycles. The minimum Gasteiger partial charge on any atom is -0.478 e. The number of carboxylic acid groups (broad SMARTS) is 1. The van der Waals surface area contributed by atoms with Crippen molar-refractivity contribution in [3.63, 3.8) is 0 Å². The standard InChI is InChI=1S/C12H7ClFNO4/c1-5(12(18)19)4-15-9-7(14)3-2-6(13)8(9)10(16)11(15)17/h2-3H,1,4H2,(H,18,19). The van der Waals surface area contributed by atoms with Crippen molar-refractivity contribution >= 4 is 34.9 Å². The molecule has 19 heavy (non-hydrogen) atoms. The highest BCUT2D eigenvalue weighted by atomic mass is 35.5. The molecule has 0 radical (unpaired) electrons. The quantitative estimate of drug-likeness (QED) is 0.676. The molecule has 1 N–H and O–H groups in total. The molecule has 5 nitrogen and oxygen atoms in total. The second-order valence-electron chi connectivity index (χ2n) is 3.88. The van der Waals surface area contributed by atoms with Crippen LogP contribution in [0, 0.1) is 5.82 Å². The second kappa shape index (κ2) is 4.47. The summed E-state index contributed by atoms with van der Waals surface area (Å²) in [5.41, 5.74) is -0.886. The second-order valence-corrected chi connectivity index (χ2v) is 4.29. The molecule has 1 heterocycles. The Labute approximate surface area is 111 Å². The van der Waals surface area contributed by atoms with Crippen molar-refractivity contribution in [1.29, 1.82) is 0 Å². The van der Waals surface area contributed by atoms with Crippen LogP contribution in [-0.4, -0.2) is 29.3 Å². The minimum atomic E-state index is -1.34. The van der Waals surface area contributed by atoms with Crippen LogP contribution in [0.2, 0.25) is 5.02 Å². The Kier molecular flexibility index (Phi) is 3.11. The molecule has 0 fully saturated rings. The molecule has 1 aromatic carbocycles. The van der Waals surface area contributed by atoms with Gasteiger partial charge < -0.3 is 5.11 Å². The van der Waals surface area contributed by atoms with Gasteiger partial charge in [-0.1, -0.05) is 18.2 Å². The summed E-state index contributed by atoms with van der Waals surface area (Å²) in [5.74, 6) is -4.14. The van der Waals surface area contributed by atoms with Crippen LogP contribution in [0.4, 0.5) is 10.1 Å². The third kappa shape index (κ3) is 2.00. The number of fused-ring (bicyclic) bond motifs is 1. The summed E-state index contributed by atoms with van der Waals surface area (Å²) in [6.07, 6.45) is 0. The molecule has 7 heteroatoms. The Bertz CT molecular complexity index is 641. The Morgan fingerprint density at radius 2 is 2.05 bits per heavy atom. The normalized spacial score (nSPS) is 13.7. The van der Waals surface area contributed by atoms with Gasteiger partial charge in [0, 0.05) is 5.57 Å². The van der Waals surface area contributed by atoms with Gasteiger partial charge in [0.25, 0.3) is 11.7 Å². The van der Waals surface area contributed by atoms with E-state index in [9.17, 15) is 18.8 Å². The number of hydrogen-bond acceptors (Lipinski definition) is 3. The number of rotatable bonds is 3. The first-order valence-electron chi connectivity index (χ1n) is 5.10. The van der Waals surface area contributed by atoms with E-state index in [1.54, 1.807) is 0 Å². The number of carbonyl (C=O) groups excluding carboxylic acids is 2. The summed E-state index contributed by atoms with van der Waals surface area (Å²) < 4.78 is 13.7. The van der Waals surface area contributed by atoms with Gasteiger partial charge in [0.05, 0.1) is 22.8 Å². The van der Waals surface area contributed by atoms with Gasteiger partial charge >= 0.3 is 5.97 Å². The lowest BCUT2D eigenvalue weighted by Gasteiger charge is -2.16. The van der Waals surface area contributed by atoms with E-state index in [1.807, 2.05) is 0 Å². The third-order valence-corrected chi connectivity index (χ3v) is 2.98. The smallest absolute Gasteiger partial charge is 0.332 e. The molecule has 0 unspecified atom stereocenters. The predicted octanol–water partition coefficient (Wildman–Crippen LogP) is 1.65. The van der Waals surface area contributed by atoms with Crippen LogP contribution in [0.15, 0.2) is 24.3 Å². The maximum absolute atomic E-state index is 13.7. The summed E-state index contributed by atoms with van der Waals surface area (Å²) in [7, 11) is 0. The van der Waals surface area contributed by atoms with Crippen LogP contribution in [0.25, 0.3) is 0 Å². The first-order chi connectivity index (χ1) is 8.84. The van der Waals surface area contributed by atoms with Crippen LogP contribution < -0.4 is 4.90 Å². The zero-order valence-electron chi connectivity index (χ0n) is 9.44. The molecule has 0 aliphatic carbocycles. The molecular weight excluding hydrogens is 277 g/mol. The molecule has 0 spiro atoms. The van der Waals surface area contributed by atoms with Crippen molar-refractivity contribution in [1.82, 2.24) is 0 Å². The van der Waals surface area contributed by atoms with Gasteiger partial charge in [-0.3, -0.25) is 14.5 Å². The van der Waals surface area contributed by atoms with Crippen molar-refractivity contribution in [3.05, 3.63) is 40.7 Å². The van der Waals surface area contributed by atoms with Gasteiger partial charge in [0.2, 0.25) is 0 Å². The van der Waals surface area contributed by atoms with Crippen LogP contribution >= 0.6 is 11.6 Å². The summed E-state index contributed by atoms with van der Waals surface area (Å²) >= 11 is 5.76. The van der Waals surface area contributed by atoms with Crippen LogP contribution in [-0.2, 0) is 9.59 Å². The first-order valence-corrected chi connectivity index (χ1v) is 5.47. The van der Waals surface area contributed by atoms with Crippen molar-refractivity contribution < 1.29 is 23.9 Å². The summed E-state index contributed by atoms with van der Waals surface area (Å²) in [6, 6.07) is 2.17. The highest BCUT2D eigenvalue weighted by Crippen LogP contribution is 2.36. The Hall–Kier alpha value is -2.21. The fourth-order valence-electron chi connectivity index (χ4n) is 1.76. The fraction of sp³-hybridized carbons (Fsp3) is 0.0833. The molecule has 0 atom stereocenters. The van der Waals surface area contributed by atoms with Crippen molar-refractivity contribution in [3.8, 4) is 0 Å². The lowest BCUT2D eigenvalue weighted by molar-refractivity contribution is -0.132. The first kappa shape index (κ1) is 13.2. The Balaban J connectivity index is 2.53. The van der Waals surface area contributed by atoms with E-state index in [0.29, 0.717) is 0 Å². The molecule has 0 bridgehead atoms. The molecule has 1 aliphatic rings. The number of carboxylic acids is 1. The van der Waals surface area contributed by atoms with E-state index >= 15 is 0 Å². The monoisotopic (exact) mass is 283 g/mol. The van der Waals surface area contributed by atoms with Gasteiger partial charge in [-0.05, 0) is 12.1 Å². The summed E-state index contributed by atoms with van der Waals surface area (Å²) in [6.45, 7) is 2.76.